The number of allylic oxidation sites excluding steroid dienone is 2. The van der Waals surface area contributed by atoms with Crippen LogP contribution in [0.25, 0.3) is 0 Å². The van der Waals surface area contributed by atoms with Crippen molar-refractivity contribution in [2.24, 2.45) is 4.99 Å². The van der Waals surface area contributed by atoms with Crippen molar-refractivity contribution in [3.05, 3.63) is 52.8 Å². The molecule has 2 rings (SSSR count). The zero-order chi connectivity index (χ0) is 22.9. The molecular weight excluding hydrogens is 442 g/mol. The van der Waals surface area contributed by atoms with E-state index in [1.165, 1.54) is 0 Å². The molecule has 0 aliphatic carbocycles. The van der Waals surface area contributed by atoms with Crippen LogP contribution in [0.2, 0.25) is 0 Å². The molecule has 166 valence electrons. The lowest BCUT2D eigenvalue weighted by molar-refractivity contribution is 0.00238. The van der Waals surface area contributed by atoms with E-state index in [2.05, 4.69) is 32.5 Å². The smallest absolute Gasteiger partial charge is 0.411 e. The second-order valence-electron chi connectivity index (χ2n) is 7.93. The number of likely N-dealkylation sites (tertiary alicyclic amines) is 1. The van der Waals surface area contributed by atoms with E-state index in [9.17, 15) is 4.79 Å². The Morgan fingerprint density at radius 3 is 2.53 bits per heavy atom. The summed E-state index contributed by atoms with van der Waals surface area (Å²) in [5.74, 6) is 0. The van der Waals surface area contributed by atoms with E-state index in [-0.39, 0.29) is 18.2 Å². The van der Waals surface area contributed by atoms with Gasteiger partial charge in [0.2, 0.25) is 0 Å². The summed E-state index contributed by atoms with van der Waals surface area (Å²) in [5.41, 5.74) is 2.15. The molecule has 1 aromatic heterocycles. The van der Waals surface area contributed by atoms with Gasteiger partial charge in [-0.3, -0.25) is 9.89 Å². The molecule has 2 unspecified atom stereocenters. The standard InChI is InChI=1S/C22H30BrN3O2.C2H6/c1-7-10-15(2)20(24-6)18-13-9-12-17(16-11-8-14-19(23)25-16)26(18)21(27)28-22(3,4)5;1-2/h7-8,10-11,14,17-18H,1,9,12-13H2,2-6H3;1-2H3/b15-10-,24-20?;. The summed E-state index contributed by atoms with van der Waals surface area (Å²) in [4.78, 5) is 24.2. The maximum Gasteiger partial charge on any atom is 0.411 e. The number of ether oxygens (including phenoxy) is 1. The minimum Gasteiger partial charge on any atom is -0.444 e. The number of nitrogens with zero attached hydrogens (tertiary/aromatic N) is 3. The second-order valence-corrected chi connectivity index (χ2v) is 8.74. The van der Waals surface area contributed by atoms with E-state index in [4.69, 9.17) is 4.74 Å². The minimum absolute atomic E-state index is 0.167. The molecule has 1 fully saturated rings. The summed E-state index contributed by atoms with van der Waals surface area (Å²) in [6.07, 6.45) is 5.98. The number of hydrogen-bond donors (Lipinski definition) is 0. The summed E-state index contributed by atoms with van der Waals surface area (Å²) >= 11 is 3.45. The molecule has 0 radical (unpaired) electrons. The van der Waals surface area contributed by atoms with Gasteiger partial charge >= 0.3 is 6.09 Å². The molecule has 1 aliphatic rings. The number of hydrogen-bond acceptors (Lipinski definition) is 4. The van der Waals surface area contributed by atoms with Crippen LogP contribution in [-0.2, 0) is 4.74 Å². The maximum absolute atomic E-state index is 13.3. The van der Waals surface area contributed by atoms with Crippen molar-refractivity contribution in [3.63, 3.8) is 0 Å². The fourth-order valence-electron chi connectivity index (χ4n) is 3.59. The van der Waals surface area contributed by atoms with Crippen LogP contribution >= 0.6 is 15.9 Å². The van der Waals surface area contributed by atoms with Gasteiger partial charge in [-0.25, -0.2) is 9.78 Å². The van der Waals surface area contributed by atoms with Gasteiger partial charge in [-0.15, -0.1) is 0 Å². The molecule has 6 heteroatoms. The zero-order valence-corrected chi connectivity index (χ0v) is 21.0. The second kappa shape index (κ2) is 12.0. The SMILES string of the molecule is C=C/C=C(/C)C(=NC)C1CCCC(c2cccc(Br)n2)N1C(=O)OC(C)(C)C.CC. The third-order valence-corrected chi connectivity index (χ3v) is 5.08. The first-order valence-electron chi connectivity index (χ1n) is 10.6. The van der Waals surface area contributed by atoms with Crippen molar-refractivity contribution in [1.82, 2.24) is 9.88 Å². The van der Waals surface area contributed by atoms with E-state index in [0.717, 1.165) is 40.8 Å². The monoisotopic (exact) mass is 477 g/mol. The number of halogens is 1. The highest BCUT2D eigenvalue weighted by atomic mass is 79.9. The highest BCUT2D eigenvalue weighted by Crippen LogP contribution is 2.36. The first-order valence-corrected chi connectivity index (χ1v) is 11.4. The summed E-state index contributed by atoms with van der Waals surface area (Å²) in [5, 5.41) is 0. The van der Waals surface area contributed by atoms with E-state index in [0.29, 0.717) is 0 Å². The Kier molecular flexibility index (Phi) is 10.5. The lowest BCUT2D eigenvalue weighted by Crippen LogP contribution is -2.51. The molecule has 1 aliphatic heterocycles. The number of carbonyl (C=O) groups excluding carboxylic acids is 1. The number of piperidine rings is 1. The topological polar surface area (TPSA) is 54.8 Å². The van der Waals surface area contributed by atoms with Crippen molar-refractivity contribution in [2.75, 3.05) is 7.05 Å². The molecule has 2 atom stereocenters. The van der Waals surface area contributed by atoms with Crippen LogP contribution in [0.5, 0.6) is 0 Å². The molecule has 0 spiro atoms. The van der Waals surface area contributed by atoms with Gasteiger partial charge < -0.3 is 4.74 Å². The minimum atomic E-state index is -0.580. The lowest BCUT2D eigenvalue weighted by Gasteiger charge is -2.42. The molecule has 1 saturated heterocycles. The Morgan fingerprint density at radius 1 is 1.33 bits per heavy atom. The average Bonchev–Trinajstić information content (AvgIpc) is 2.69. The van der Waals surface area contributed by atoms with Gasteiger partial charge in [-0.05, 0) is 80.6 Å². The van der Waals surface area contributed by atoms with Crippen molar-refractivity contribution in [3.8, 4) is 0 Å². The van der Waals surface area contributed by atoms with Gasteiger partial charge in [0.25, 0.3) is 0 Å². The number of amides is 1. The third kappa shape index (κ3) is 7.08. The third-order valence-electron chi connectivity index (χ3n) is 4.64. The zero-order valence-electron chi connectivity index (χ0n) is 19.4. The normalized spacial score (nSPS) is 20.2. The number of carbonyl (C=O) groups is 1. The average molecular weight is 478 g/mol. The molecule has 0 aromatic carbocycles. The van der Waals surface area contributed by atoms with E-state index in [1.54, 1.807) is 13.1 Å². The van der Waals surface area contributed by atoms with Gasteiger partial charge in [0, 0.05) is 7.05 Å². The van der Waals surface area contributed by atoms with E-state index >= 15 is 0 Å². The van der Waals surface area contributed by atoms with Crippen LogP contribution in [0, 0.1) is 0 Å². The van der Waals surface area contributed by atoms with Crippen LogP contribution in [0.1, 0.15) is 72.5 Å². The molecule has 0 saturated carbocycles. The Hall–Kier alpha value is -1.95. The van der Waals surface area contributed by atoms with Gasteiger partial charge in [0.05, 0.1) is 23.5 Å². The highest BCUT2D eigenvalue weighted by molar-refractivity contribution is 9.10. The maximum atomic E-state index is 13.3. The Bertz CT molecular complexity index is 781. The van der Waals surface area contributed by atoms with Crippen molar-refractivity contribution in [2.45, 2.75) is 78.5 Å². The number of pyridine rings is 1. The molecule has 5 nitrogen and oxygen atoms in total. The van der Waals surface area contributed by atoms with Gasteiger partial charge in [0.15, 0.2) is 0 Å². The van der Waals surface area contributed by atoms with Gasteiger partial charge in [0.1, 0.15) is 10.2 Å². The molecule has 0 bridgehead atoms. The lowest BCUT2D eigenvalue weighted by atomic mass is 9.88. The van der Waals surface area contributed by atoms with Crippen LogP contribution in [0.3, 0.4) is 0 Å². The Balaban J connectivity index is 0.00000218. The Labute approximate surface area is 190 Å². The van der Waals surface area contributed by atoms with Gasteiger partial charge in [-0.1, -0.05) is 38.6 Å². The fourth-order valence-corrected chi connectivity index (χ4v) is 3.95. The largest absolute Gasteiger partial charge is 0.444 e. The van der Waals surface area contributed by atoms with Crippen LogP contribution in [0.15, 0.2) is 52.1 Å². The molecule has 2 heterocycles. The molecule has 1 amide bonds. The molecule has 1 aromatic rings. The van der Waals surface area contributed by atoms with Crippen molar-refractivity contribution < 1.29 is 9.53 Å². The number of aromatic nitrogens is 1. The summed E-state index contributed by atoms with van der Waals surface area (Å²) in [6, 6.07) is 5.46. The summed E-state index contributed by atoms with van der Waals surface area (Å²) in [6.45, 7) is 15.4. The Morgan fingerprint density at radius 2 is 2.00 bits per heavy atom. The predicted molar refractivity (Wildman–Crippen MR) is 129 cm³/mol. The molecular formula is C24H36BrN3O2. The number of rotatable bonds is 4. The van der Waals surface area contributed by atoms with E-state index < -0.39 is 5.60 Å². The van der Waals surface area contributed by atoms with Crippen LogP contribution < -0.4 is 0 Å². The summed E-state index contributed by atoms with van der Waals surface area (Å²) < 4.78 is 6.53. The van der Waals surface area contributed by atoms with Crippen molar-refractivity contribution in [1.29, 1.82) is 0 Å². The first-order chi connectivity index (χ1) is 14.2. The highest BCUT2D eigenvalue weighted by Gasteiger charge is 2.40. The van der Waals surface area contributed by atoms with E-state index in [1.807, 2.05) is 70.7 Å². The molecule has 0 N–H and O–H groups in total. The fraction of sp³-hybridized carbons (Fsp3) is 0.542. The molecule has 30 heavy (non-hydrogen) atoms. The van der Waals surface area contributed by atoms with Gasteiger partial charge in [-0.2, -0.15) is 0 Å². The van der Waals surface area contributed by atoms with Crippen molar-refractivity contribution >= 4 is 27.7 Å². The van der Waals surface area contributed by atoms with Crippen LogP contribution in [0.4, 0.5) is 4.79 Å². The number of aliphatic imine (C=N–C) groups is 1. The quantitative estimate of drug-likeness (QED) is 0.269. The van der Waals surface area contributed by atoms with Crippen LogP contribution in [-0.4, -0.2) is 40.4 Å². The first kappa shape index (κ1) is 26.1. The predicted octanol–water partition coefficient (Wildman–Crippen LogP) is 6.90. The summed E-state index contributed by atoms with van der Waals surface area (Å²) in [7, 11) is 1.77.